The number of carboxylic acids is 1. The van der Waals surface area contributed by atoms with Crippen molar-refractivity contribution in [2.75, 3.05) is 44.9 Å². The molecule has 92 heavy (non-hydrogen) atoms. The molecule has 4 rings (SSSR count). The van der Waals surface area contributed by atoms with Crippen LogP contribution in [0, 0.1) is 0 Å². The van der Waals surface area contributed by atoms with Crippen LogP contribution in [0.2, 0.25) is 0 Å². The van der Waals surface area contributed by atoms with Gasteiger partial charge in [0.25, 0.3) is 0 Å². The van der Waals surface area contributed by atoms with Gasteiger partial charge in [-0.3, -0.25) is 76.1 Å². The number of aliphatic hydroxyl groups is 3. The van der Waals surface area contributed by atoms with Gasteiger partial charge in [-0.25, -0.2) is 0 Å². The maximum Gasteiger partial charge on any atom is 0.303 e. The summed E-state index contributed by atoms with van der Waals surface area (Å²) in [5.74, 6) is -18.0. The van der Waals surface area contributed by atoms with Gasteiger partial charge in [0.1, 0.15) is 66.2 Å². The minimum Gasteiger partial charge on any atom is -0.508 e. The first-order valence-corrected chi connectivity index (χ1v) is 30.6. The molecule has 2 aliphatic rings. The number of nitrogens with two attached hydrogens (primary N) is 2. The number of carboxylic acid groups (broad SMARTS) is 1. The second-order valence-corrected chi connectivity index (χ2v) is 23.1. The molecule has 2 heterocycles. The van der Waals surface area contributed by atoms with Crippen LogP contribution in [-0.4, -0.2) is 235 Å². The van der Waals surface area contributed by atoms with Gasteiger partial charge in [0.05, 0.1) is 38.8 Å². The third kappa shape index (κ3) is 24.6. The predicted molar refractivity (Wildman–Crippen MR) is 319 cm³/mol. The standard InChI is InChI=1S/C56H78N14O21S/c1-28(73)46-56(90)59-24-43(77)61-39(27-72)54(88)66-36(22-30-10-12-31(74)13-11-30)52(86)68-38(26-71)47(81)60-25-44(78)70-19-6-9-40(70)55(89)67-37(23-42(58)76)53(87)63-33(15-17-45(79)80)48(82)65-35(21-29-7-4-3-5-8-29)51(85)64-34(18-20-92(2)91)49(83)62-32(50(84)69-46)14-16-41(57)75/h3-5,7-8,10-13,28,32-40,46,71-74H,6,9,14-27H2,1-2H3,(H2,57,75)(H2,58,76)(H,59,90)(H,60,81)(H,61,77)(H,62,83)(H,63,87)(H,64,85)(H,65,82)(H,66,88)(H,67,89)(H,68,86)(H,69,84)(H,79,80). The Bertz CT molecular complexity index is 3050. The second kappa shape index (κ2) is 36.8. The van der Waals surface area contributed by atoms with Crippen LogP contribution in [0.4, 0.5) is 0 Å². The molecule has 0 radical (unpaired) electrons. The molecule has 12 unspecified atom stereocenters. The van der Waals surface area contributed by atoms with E-state index in [1.54, 1.807) is 30.3 Å². The van der Waals surface area contributed by atoms with E-state index >= 15 is 0 Å². The smallest absolute Gasteiger partial charge is 0.303 e. The number of nitrogens with one attached hydrogen (secondary N) is 11. The van der Waals surface area contributed by atoms with Gasteiger partial charge in [-0.15, -0.1) is 0 Å². The number of aromatic hydroxyl groups is 1. The molecule has 0 aromatic heterocycles. The minimum absolute atomic E-state index is 0.0415. The van der Waals surface area contributed by atoms with Crippen LogP contribution in [-0.2, 0) is 95.6 Å². The van der Waals surface area contributed by atoms with Gasteiger partial charge in [0.15, 0.2) is 0 Å². The lowest BCUT2D eigenvalue weighted by Gasteiger charge is -2.28. The zero-order valence-electron chi connectivity index (χ0n) is 50.1. The number of carbonyl (C=O) groups excluding carboxylic acids is 14. The Morgan fingerprint density at radius 1 is 0.554 bits per heavy atom. The van der Waals surface area contributed by atoms with Crippen LogP contribution in [0.15, 0.2) is 54.6 Å². The van der Waals surface area contributed by atoms with Crippen molar-refractivity contribution in [1.82, 2.24) is 63.4 Å². The van der Waals surface area contributed by atoms with Crippen LogP contribution >= 0.6 is 0 Å². The van der Waals surface area contributed by atoms with Gasteiger partial charge in [-0.2, -0.15) is 0 Å². The number of phenols is 1. The second-order valence-electron chi connectivity index (χ2n) is 21.6. The van der Waals surface area contributed by atoms with Gasteiger partial charge in [-0.1, -0.05) is 42.5 Å². The Balaban J connectivity index is 1.79. The summed E-state index contributed by atoms with van der Waals surface area (Å²) in [5.41, 5.74) is 11.5. The molecule has 14 amide bonds. The van der Waals surface area contributed by atoms with Crippen molar-refractivity contribution in [3.63, 3.8) is 0 Å². The summed E-state index contributed by atoms with van der Waals surface area (Å²) in [4.78, 5) is 204. The normalized spacial score (nSPS) is 25.2. The number of amides is 14. The largest absolute Gasteiger partial charge is 0.508 e. The first kappa shape index (κ1) is 74.8. The molecule has 0 saturated carbocycles. The molecule has 0 aliphatic carbocycles. The summed E-state index contributed by atoms with van der Waals surface area (Å²) in [6.45, 7) is -3.17. The van der Waals surface area contributed by atoms with Gasteiger partial charge >= 0.3 is 5.97 Å². The highest BCUT2D eigenvalue weighted by Crippen LogP contribution is 2.19. The lowest BCUT2D eigenvalue weighted by molar-refractivity contribution is -0.141. The summed E-state index contributed by atoms with van der Waals surface area (Å²) in [6, 6.07) is -4.70. The molecule has 504 valence electrons. The molecule has 2 aromatic carbocycles. The first-order valence-electron chi connectivity index (χ1n) is 28.9. The number of benzene rings is 2. The van der Waals surface area contributed by atoms with E-state index in [1.807, 2.05) is 0 Å². The van der Waals surface area contributed by atoms with Crippen molar-refractivity contribution in [1.29, 1.82) is 0 Å². The van der Waals surface area contributed by atoms with E-state index in [0.717, 1.165) is 11.8 Å². The molecule has 2 aliphatic heterocycles. The maximum atomic E-state index is 14.5. The van der Waals surface area contributed by atoms with E-state index in [4.69, 9.17) is 11.5 Å². The Labute approximate surface area is 528 Å². The van der Waals surface area contributed by atoms with E-state index in [9.17, 15) is 102 Å². The quantitative estimate of drug-likeness (QED) is 0.0659. The monoisotopic (exact) mass is 1310 g/mol. The highest BCUT2D eigenvalue weighted by Gasteiger charge is 2.39. The van der Waals surface area contributed by atoms with E-state index in [1.165, 1.54) is 30.5 Å². The number of fused-ring (bicyclic) bond motifs is 1. The molecular weight excluding hydrogens is 1240 g/mol. The minimum atomic E-state index is -1.95. The van der Waals surface area contributed by atoms with E-state index in [2.05, 4.69) is 58.5 Å². The number of nitrogens with zero attached hydrogens (tertiary/aromatic N) is 1. The molecule has 0 bridgehead atoms. The fourth-order valence-corrected chi connectivity index (χ4v) is 9.96. The molecule has 0 spiro atoms. The number of rotatable bonds is 18. The number of aliphatic carboxylic acids is 1. The van der Waals surface area contributed by atoms with Crippen molar-refractivity contribution in [3.05, 3.63) is 65.7 Å². The molecule has 2 saturated heterocycles. The Kier molecular flexibility index (Phi) is 30.0. The molecule has 2 aromatic rings. The van der Waals surface area contributed by atoms with E-state index in [0.29, 0.717) is 11.1 Å². The summed E-state index contributed by atoms with van der Waals surface area (Å²) < 4.78 is 12.5. The van der Waals surface area contributed by atoms with E-state index < -0.39 is 237 Å². The van der Waals surface area contributed by atoms with Crippen molar-refractivity contribution < 1.29 is 102 Å². The molecule has 12 atom stereocenters. The zero-order chi connectivity index (χ0) is 68.4. The fraction of sp³-hybridized carbons (Fsp3) is 0.518. The van der Waals surface area contributed by atoms with Gasteiger partial charge < -0.3 is 100 Å². The van der Waals surface area contributed by atoms with Crippen molar-refractivity contribution in [2.24, 2.45) is 11.5 Å². The van der Waals surface area contributed by atoms with Crippen LogP contribution in [0.25, 0.3) is 0 Å². The molecular formula is C56H78N14O21S. The number of aliphatic hydroxyl groups excluding tert-OH is 3. The van der Waals surface area contributed by atoms with Crippen LogP contribution in [0.3, 0.4) is 0 Å². The number of phenolic OH excluding ortho intramolecular Hbond substituents is 1. The van der Waals surface area contributed by atoms with E-state index in [-0.39, 0.29) is 37.3 Å². The first-order chi connectivity index (χ1) is 43.5. The van der Waals surface area contributed by atoms with Crippen LogP contribution in [0.1, 0.15) is 69.4 Å². The van der Waals surface area contributed by atoms with Crippen molar-refractivity contribution in [2.45, 2.75) is 138 Å². The molecule has 35 nitrogen and oxygen atoms in total. The fourth-order valence-electron chi connectivity index (χ4n) is 9.39. The number of hydrogen-bond acceptors (Lipinski definition) is 20. The number of hydrogen-bond donors (Lipinski definition) is 18. The Morgan fingerprint density at radius 3 is 1.53 bits per heavy atom. The third-order valence-electron chi connectivity index (χ3n) is 14.3. The Hall–Kier alpha value is -9.68. The lowest BCUT2D eigenvalue weighted by atomic mass is 10.0. The molecule has 20 N–H and O–H groups in total. The zero-order valence-corrected chi connectivity index (χ0v) is 51.0. The number of carbonyl (C=O) groups is 15. The highest BCUT2D eigenvalue weighted by atomic mass is 32.2. The van der Waals surface area contributed by atoms with Crippen molar-refractivity contribution in [3.8, 4) is 5.75 Å². The molecule has 2 fully saturated rings. The van der Waals surface area contributed by atoms with Gasteiger partial charge in [0.2, 0.25) is 82.7 Å². The van der Waals surface area contributed by atoms with Crippen LogP contribution < -0.4 is 70.0 Å². The van der Waals surface area contributed by atoms with Crippen molar-refractivity contribution >= 4 is 99.5 Å². The summed E-state index contributed by atoms with van der Waals surface area (Å²) in [6.07, 6.45) is -5.14. The predicted octanol–water partition coefficient (Wildman–Crippen LogP) is -9.08. The topological polar surface area (TPSA) is 562 Å². The highest BCUT2D eigenvalue weighted by molar-refractivity contribution is 7.84. The average Bonchev–Trinajstić information content (AvgIpc) is 1.74. The summed E-state index contributed by atoms with van der Waals surface area (Å²) in [5, 5.41) is 75.9. The molecule has 36 heteroatoms. The summed E-state index contributed by atoms with van der Waals surface area (Å²) in [7, 11) is -1.66. The Morgan fingerprint density at radius 2 is 1.01 bits per heavy atom. The maximum absolute atomic E-state index is 14.5. The number of primary amides is 2. The SMILES string of the molecule is CC(O)C1NC(=O)C(CCC(N)=O)NC(=O)C(CCS(C)=O)NC(=O)C(Cc2ccccc2)NC(=O)C(CCC(=O)O)NC(=O)C(CC(N)=O)NC(=O)C2CCCN2C(=O)CNC(=O)C(CO)NC(=O)C(Cc2ccc(O)cc2)NC(=O)C(CO)NC(=O)CNC1=O. The lowest BCUT2D eigenvalue weighted by Crippen LogP contribution is -2.61. The van der Waals surface area contributed by atoms with Gasteiger partial charge in [-0.05, 0) is 62.3 Å². The summed E-state index contributed by atoms with van der Waals surface area (Å²) >= 11 is 0. The third-order valence-corrected chi connectivity index (χ3v) is 15.1. The van der Waals surface area contributed by atoms with Gasteiger partial charge in [0, 0.05) is 55.0 Å². The van der Waals surface area contributed by atoms with Crippen LogP contribution in [0.5, 0.6) is 5.75 Å². The average molecular weight is 1320 g/mol.